The molecule has 0 saturated heterocycles. The minimum atomic E-state index is 0.280. The van der Waals surface area contributed by atoms with E-state index in [2.05, 4.69) is 41.2 Å². The molecular weight excluding hydrogens is 248 g/mol. The van der Waals surface area contributed by atoms with E-state index < -0.39 is 0 Å². The molecule has 0 bridgehead atoms. The molecule has 1 nitrogen and oxygen atoms in total. The van der Waals surface area contributed by atoms with E-state index in [4.69, 9.17) is 0 Å². The van der Waals surface area contributed by atoms with Crippen LogP contribution in [-0.2, 0) is 6.42 Å². The van der Waals surface area contributed by atoms with Gasteiger partial charge in [-0.2, -0.15) is 0 Å². The van der Waals surface area contributed by atoms with Crippen LogP contribution in [0, 0.1) is 11.8 Å². The van der Waals surface area contributed by atoms with Gasteiger partial charge in [-0.3, -0.25) is 0 Å². The van der Waals surface area contributed by atoms with E-state index in [1.165, 1.54) is 9.35 Å². The van der Waals surface area contributed by atoms with Gasteiger partial charge in [0.05, 0.1) is 0 Å². The fourth-order valence-corrected chi connectivity index (χ4v) is 2.83. The Morgan fingerprint density at radius 1 is 1.54 bits per heavy atom. The number of rotatable bonds is 4. The Balaban J connectivity index is 2.62. The van der Waals surface area contributed by atoms with Crippen LogP contribution in [-0.4, -0.2) is 11.7 Å². The van der Waals surface area contributed by atoms with Crippen LogP contribution >= 0.6 is 27.3 Å². The summed E-state index contributed by atoms with van der Waals surface area (Å²) in [5, 5.41) is 11.3. The second-order valence-electron chi connectivity index (χ2n) is 3.58. The van der Waals surface area contributed by atoms with Crippen molar-refractivity contribution in [2.45, 2.75) is 20.3 Å². The van der Waals surface area contributed by atoms with Gasteiger partial charge < -0.3 is 5.11 Å². The molecule has 0 radical (unpaired) electrons. The van der Waals surface area contributed by atoms with Gasteiger partial charge in [-0.05, 0) is 45.6 Å². The fraction of sp³-hybridized carbons (Fsp3) is 0.600. The van der Waals surface area contributed by atoms with Crippen molar-refractivity contribution in [3.63, 3.8) is 0 Å². The summed E-state index contributed by atoms with van der Waals surface area (Å²) in [6, 6.07) is 2.06. The molecule has 0 spiro atoms. The lowest BCUT2D eigenvalue weighted by molar-refractivity contribution is 0.189. The zero-order valence-corrected chi connectivity index (χ0v) is 10.4. The minimum absolute atomic E-state index is 0.280. The number of aliphatic hydroxyl groups excluding tert-OH is 1. The predicted molar refractivity (Wildman–Crippen MR) is 61.1 cm³/mol. The van der Waals surface area contributed by atoms with E-state index in [-0.39, 0.29) is 6.61 Å². The van der Waals surface area contributed by atoms with Gasteiger partial charge in [0.15, 0.2) is 0 Å². The largest absolute Gasteiger partial charge is 0.396 e. The second-order valence-corrected chi connectivity index (χ2v) is 5.44. The molecule has 1 N–H and O–H groups in total. The average molecular weight is 263 g/mol. The maximum absolute atomic E-state index is 9.18. The van der Waals surface area contributed by atoms with Gasteiger partial charge in [-0.15, -0.1) is 11.3 Å². The molecule has 3 heteroatoms. The first-order chi connectivity index (χ1) is 6.15. The summed E-state index contributed by atoms with van der Waals surface area (Å²) in [5.41, 5.74) is 0. The van der Waals surface area contributed by atoms with Crippen LogP contribution in [0.25, 0.3) is 0 Å². The molecule has 0 saturated carbocycles. The summed E-state index contributed by atoms with van der Waals surface area (Å²) in [4.78, 5) is 1.34. The lowest BCUT2D eigenvalue weighted by Gasteiger charge is -2.17. The summed E-state index contributed by atoms with van der Waals surface area (Å²) in [7, 11) is 0. The van der Waals surface area contributed by atoms with Crippen molar-refractivity contribution in [1.82, 2.24) is 0 Å². The van der Waals surface area contributed by atoms with Crippen LogP contribution in [0.4, 0.5) is 0 Å². The standard InChI is InChI=1S/C10H15BrOS/c1-7(2)8(6-12)5-10-9(11)3-4-13-10/h3-4,7-8,12H,5-6H2,1-2H3. The molecule has 0 fully saturated rings. The van der Waals surface area contributed by atoms with Crippen LogP contribution in [0.5, 0.6) is 0 Å². The highest BCUT2D eigenvalue weighted by molar-refractivity contribution is 9.10. The number of hydrogen-bond acceptors (Lipinski definition) is 2. The van der Waals surface area contributed by atoms with E-state index in [0.29, 0.717) is 11.8 Å². The molecule has 0 aromatic carbocycles. The highest BCUT2D eigenvalue weighted by Gasteiger charge is 2.14. The Kier molecular flexibility index (Phi) is 4.42. The molecule has 0 aliphatic heterocycles. The summed E-state index contributed by atoms with van der Waals surface area (Å²) in [6.07, 6.45) is 0.979. The summed E-state index contributed by atoms with van der Waals surface area (Å²) >= 11 is 5.25. The van der Waals surface area contributed by atoms with Gasteiger partial charge in [0, 0.05) is 16.0 Å². The summed E-state index contributed by atoms with van der Waals surface area (Å²) in [6.45, 7) is 4.59. The summed E-state index contributed by atoms with van der Waals surface area (Å²) in [5.74, 6) is 0.925. The minimum Gasteiger partial charge on any atom is -0.396 e. The third-order valence-electron chi connectivity index (χ3n) is 2.32. The van der Waals surface area contributed by atoms with Crippen molar-refractivity contribution in [2.75, 3.05) is 6.61 Å². The SMILES string of the molecule is CC(C)C(CO)Cc1sccc1Br. The van der Waals surface area contributed by atoms with Gasteiger partial charge in [-0.1, -0.05) is 13.8 Å². The van der Waals surface area contributed by atoms with Crippen LogP contribution in [0.1, 0.15) is 18.7 Å². The fourth-order valence-electron chi connectivity index (χ4n) is 1.22. The van der Waals surface area contributed by atoms with Crippen LogP contribution in [0.3, 0.4) is 0 Å². The van der Waals surface area contributed by atoms with Crippen LogP contribution < -0.4 is 0 Å². The maximum Gasteiger partial charge on any atom is 0.0465 e. The normalized spacial score (nSPS) is 13.6. The van der Waals surface area contributed by atoms with Crippen molar-refractivity contribution >= 4 is 27.3 Å². The Labute approximate surface area is 91.9 Å². The van der Waals surface area contributed by atoms with Crippen LogP contribution in [0.2, 0.25) is 0 Å². The number of thiophene rings is 1. The van der Waals surface area contributed by atoms with Gasteiger partial charge in [0.2, 0.25) is 0 Å². The Hall–Kier alpha value is 0.140. The third kappa shape index (κ3) is 3.08. The number of aliphatic hydroxyl groups is 1. The molecule has 0 aliphatic carbocycles. The van der Waals surface area contributed by atoms with Crippen molar-refractivity contribution in [3.8, 4) is 0 Å². The van der Waals surface area contributed by atoms with Crippen LogP contribution in [0.15, 0.2) is 15.9 Å². The zero-order valence-electron chi connectivity index (χ0n) is 7.96. The van der Waals surface area contributed by atoms with E-state index >= 15 is 0 Å². The molecule has 1 aromatic rings. The first-order valence-electron chi connectivity index (χ1n) is 4.48. The first-order valence-corrected chi connectivity index (χ1v) is 6.15. The third-order valence-corrected chi connectivity index (χ3v) is 4.26. The highest BCUT2D eigenvalue weighted by Crippen LogP contribution is 2.27. The first kappa shape index (κ1) is 11.2. The zero-order chi connectivity index (χ0) is 9.84. The molecule has 13 heavy (non-hydrogen) atoms. The molecule has 1 rings (SSSR count). The quantitative estimate of drug-likeness (QED) is 0.883. The van der Waals surface area contributed by atoms with Crippen molar-refractivity contribution in [2.24, 2.45) is 11.8 Å². The van der Waals surface area contributed by atoms with Crippen molar-refractivity contribution in [1.29, 1.82) is 0 Å². The van der Waals surface area contributed by atoms with Gasteiger partial charge in [0.25, 0.3) is 0 Å². The van der Waals surface area contributed by atoms with E-state index in [1.54, 1.807) is 11.3 Å². The Bertz CT molecular complexity index is 257. The van der Waals surface area contributed by atoms with Crippen molar-refractivity contribution < 1.29 is 5.11 Å². The lowest BCUT2D eigenvalue weighted by atomic mass is 9.93. The molecule has 0 amide bonds. The monoisotopic (exact) mass is 262 g/mol. The van der Waals surface area contributed by atoms with Gasteiger partial charge in [-0.25, -0.2) is 0 Å². The average Bonchev–Trinajstić information content (AvgIpc) is 2.46. The van der Waals surface area contributed by atoms with Gasteiger partial charge in [0.1, 0.15) is 0 Å². The van der Waals surface area contributed by atoms with Crippen molar-refractivity contribution in [3.05, 3.63) is 20.8 Å². The summed E-state index contributed by atoms with van der Waals surface area (Å²) < 4.78 is 1.18. The number of halogens is 1. The molecule has 74 valence electrons. The molecule has 0 aliphatic rings. The van der Waals surface area contributed by atoms with Gasteiger partial charge >= 0.3 is 0 Å². The number of hydrogen-bond donors (Lipinski definition) is 1. The predicted octanol–water partition coefficient (Wildman–Crippen LogP) is 3.32. The highest BCUT2D eigenvalue weighted by atomic mass is 79.9. The molecule has 1 unspecified atom stereocenters. The molecule has 1 atom stereocenters. The Morgan fingerprint density at radius 3 is 2.62 bits per heavy atom. The van der Waals surface area contributed by atoms with E-state index in [1.807, 2.05) is 0 Å². The van der Waals surface area contributed by atoms with E-state index in [0.717, 1.165) is 6.42 Å². The second kappa shape index (κ2) is 5.13. The maximum atomic E-state index is 9.18. The molecule has 1 heterocycles. The van der Waals surface area contributed by atoms with E-state index in [9.17, 15) is 5.11 Å². The molecular formula is C10H15BrOS. The topological polar surface area (TPSA) is 20.2 Å². The molecule has 1 aromatic heterocycles. The smallest absolute Gasteiger partial charge is 0.0465 e. The lowest BCUT2D eigenvalue weighted by Crippen LogP contribution is -2.15. The Morgan fingerprint density at radius 2 is 2.23 bits per heavy atom.